The molecule has 0 spiro atoms. The molecule has 0 saturated heterocycles. The largest absolute Gasteiger partial charge is 0.466 e. The molecule has 0 bridgehead atoms. The number of benzene rings is 1. The van der Waals surface area contributed by atoms with E-state index in [4.69, 9.17) is 8.83 Å². The molecule has 2 aromatic heterocycles. The highest BCUT2D eigenvalue weighted by Gasteiger charge is 2.18. The molecular weight excluding hydrogens is 358 g/mol. The van der Waals surface area contributed by atoms with E-state index in [1.165, 1.54) is 24.3 Å². The van der Waals surface area contributed by atoms with Gasteiger partial charge in [-0.1, -0.05) is 18.1 Å². The van der Waals surface area contributed by atoms with E-state index in [0.717, 1.165) is 0 Å². The van der Waals surface area contributed by atoms with Crippen molar-refractivity contribution >= 4 is 21.8 Å². The molecule has 2 heterocycles. The molecule has 1 N–H and O–H groups in total. The van der Waals surface area contributed by atoms with Crippen LogP contribution in [-0.2, 0) is 9.84 Å². The predicted octanol–water partition coefficient (Wildman–Crippen LogP) is 2.99. The predicted molar refractivity (Wildman–Crippen MR) is 93.6 cm³/mol. The summed E-state index contributed by atoms with van der Waals surface area (Å²) in [5.74, 6) is 0.955. The lowest BCUT2D eigenvalue weighted by Crippen LogP contribution is -2.13. The van der Waals surface area contributed by atoms with Crippen molar-refractivity contribution in [2.45, 2.75) is 25.7 Å². The van der Waals surface area contributed by atoms with E-state index < -0.39 is 15.7 Å². The first kappa shape index (κ1) is 17.9. The lowest BCUT2D eigenvalue weighted by atomic mass is 10.2. The molecule has 3 aromatic rings. The zero-order chi connectivity index (χ0) is 18.9. The second kappa shape index (κ2) is 6.75. The van der Waals surface area contributed by atoms with Gasteiger partial charge in [-0.3, -0.25) is 10.1 Å². The normalized spacial score (nSPS) is 11.5. The molecule has 0 aliphatic heterocycles. The lowest BCUT2D eigenvalue weighted by molar-refractivity contribution is 0.102. The maximum atomic E-state index is 12.3. The zero-order valence-corrected chi connectivity index (χ0v) is 15.3. The van der Waals surface area contributed by atoms with Gasteiger partial charge in [0.1, 0.15) is 11.5 Å². The number of nitrogens with zero attached hydrogens (tertiary/aromatic N) is 2. The van der Waals surface area contributed by atoms with Crippen LogP contribution in [0.5, 0.6) is 0 Å². The number of furan rings is 1. The number of rotatable bonds is 5. The highest BCUT2D eigenvalue weighted by molar-refractivity contribution is 7.91. The van der Waals surface area contributed by atoms with Crippen LogP contribution in [0.1, 0.15) is 28.8 Å². The second-order valence-electron chi connectivity index (χ2n) is 5.62. The summed E-state index contributed by atoms with van der Waals surface area (Å²) in [5.41, 5.74) is 0.821. The number of anilines is 1. The third-order valence-electron chi connectivity index (χ3n) is 3.75. The topological polar surface area (TPSA) is 115 Å². The molecule has 0 saturated carbocycles. The standard InChI is InChI=1S/C17H17N3O5S/c1-4-26(22,23)13-7-5-6-12(9-13)15(21)18-17-20-19-16(25-17)14-8-10(2)24-11(14)3/h5-9H,4H2,1-3H3,(H,18,20,21). The van der Waals surface area contributed by atoms with Crippen LogP contribution in [0.25, 0.3) is 11.5 Å². The third-order valence-corrected chi connectivity index (χ3v) is 5.48. The molecular formula is C17H17N3O5S. The van der Waals surface area contributed by atoms with Crippen molar-refractivity contribution in [3.8, 4) is 11.5 Å². The Balaban J connectivity index is 1.81. The minimum absolute atomic E-state index is 0.0471. The highest BCUT2D eigenvalue weighted by Crippen LogP contribution is 2.26. The maximum absolute atomic E-state index is 12.3. The molecule has 0 aliphatic carbocycles. The van der Waals surface area contributed by atoms with Gasteiger partial charge in [-0.05, 0) is 38.1 Å². The van der Waals surface area contributed by atoms with Gasteiger partial charge in [0.2, 0.25) is 0 Å². The summed E-state index contributed by atoms with van der Waals surface area (Å²) in [6.45, 7) is 5.11. The molecule has 8 nitrogen and oxygen atoms in total. The minimum Gasteiger partial charge on any atom is -0.466 e. The number of carbonyl (C=O) groups excluding carboxylic acids is 1. The molecule has 9 heteroatoms. The number of hydrogen-bond acceptors (Lipinski definition) is 7. The summed E-state index contributed by atoms with van der Waals surface area (Å²) in [7, 11) is -3.40. The highest BCUT2D eigenvalue weighted by atomic mass is 32.2. The molecule has 1 amide bonds. The van der Waals surface area contributed by atoms with Gasteiger partial charge < -0.3 is 8.83 Å². The molecule has 136 valence electrons. The Morgan fingerprint density at radius 3 is 2.58 bits per heavy atom. The Morgan fingerprint density at radius 1 is 1.15 bits per heavy atom. The SMILES string of the molecule is CCS(=O)(=O)c1cccc(C(=O)Nc2nnc(-c3cc(C)oc3C)o2)c1. The smallest absolute Gasteiger partial charge is 0.322 e. The lowest BCUT2D eigenvalue weighted by Gasteiger charge is -2.04. The first-order chi connectivity index (χ1) is 12.3. The van der Waals surface area contributed by atoms with Gasteiger partial charge in [0.25, 0.3) is 11.8 Å². The summed E-state index contributed by atoms with van der Waals surface area (Å²) in [5, 5.41) is 10.1. The van der Waals surface area contributed by atoms with Crippen molar-refractivity contribution in [2.75, 3.05) is 11.1 Å². The molecule has 3 rings (SSSR count). The average Bonchev–Trinajstić information content (AvgIpc) is 3.20. The molecule has 26 heavy (non-hydrogen) atoms. The number of hydrogen-bond donors (Lipinski definition) is 1. The van der Waals surface area contributed by atoms with E-state index in [9.17, 15) is 13.2 Å². The van der Waals surface area contributed by atoms with Crippen LogP contribution in [0, 0.1) is 13.8 Å². The Labute approximate surface area is 150 Å². The maximum Gasteiger partial charge on any atom is 0.322 e. The van der Waals surface area contributed by atoms with Crippen molar-refractivity contribution < 1.29 is 22.0 Å². The average molecular weight is 375 g/mol. The van der Waals surface area contributed by atoms with E-state index in [0.29, 0.717) is 17.1 Å². The number of nitrogens with one attached hydrogen (secondary N) is 1. The van der Waals surface area contributed by atoms with E-state index >= 15 is 0 Å². The van der Waals surface area contributed by atoms with Crippen molar-refractivity contribution in [2.24, 2.45) is 0 Å². The van der Waals surface area contributed by atoms with Crippen LogP contribution in [-0.4, -0.2) is 30.3 Å². The van der Waals surface area contributed by atoms with Crippen LogP contribution in [0.15, 0.2) is 44.1 Å². The fraction of sp³-hybridized carbons (Fsp3) is 0.235. The van der Waals surface area contributed by atoms with Crippen LogP contribution >= 0.6 is 0 Å². The Bertz CT molecular complexity index is 1070. The quantitative estimate of drug-likeness (QED) is 0.729. The number of aryl methyl sites for hydroxylation is 2. The van der Waals surface area contributed by atoms with Crippen molar-refractivity contribution in [3.63, 3.8) is 0 Å². The summed E-state index contributed by atoms with van der Waals surface area (Å²) in [6.07, 6.45) is 0. The first-order valence-corrected chi connectivity index (χ1v) is 9.50. The molecule has 0 radical (unpaired) electrons. The monoisotopic (exact) mass is 375 g/mol. The number of aromatic nitrogens is 2. The van der Waals surface area contributed by atoms with Crippen molar-refractivity contribution in [1.82, 2.24) is 10.2 Å². The first-order valence-electron chi connectivity index (χ1n) is 7.85. The fourth-order valence-corrected chi connectivity index (χ4v) is 3.32. The van der Waals surface area contributed by atoms with Gasteiger partial charge in [0.15, 0.2) is 9.84 Å². The van der Waals surface area contributed by atoms with Crippen molar-refractivity contribution in [3.05, 3.63) is 47.4 Å². The van der Waals surface area contributed by atoms with Gasteiger partial charge in [-0.2, -0.15) is 0 Å². The Hall–Kier alpha value is -2.94. The Kier molecular flexibility index (Phi) is 4.64. The van der Waals surface area contributed by atoms with Gasteiger partial charge >= 0.3 is 6.01 Å². The van der Waals surface area contributed by atoms with Gasteiger partial charge in [0.05, 0.1) is 16.2 Å². The molecule has 0 atom stereocenters. The summed E-state index contributed by atoms with van der Waals surface area (Å²) in [6, 6.07) is 7.44. The Morgan fingerprint density at radius 2 is 1.92 bits per heavy atom. The molecule has 0 fully saturated rings. The summed E-state index contributed by atoms with van der Waals surface area (Å²) < 4.78 is 34.7. The number of carbonyl (C=O) groups is 1. The van der Waals surface area contributed by atoms with E-state index in [-0.39, 0.29) is 28.1 Å². The third kappa shape index (κ3) is 3.52. The second-order valence-corrected chi connectivity index (χ2v) is 7.90. The molecule has 0 aliphatic rings. The number of amides is 1. The van der Waals surface area contributed by atoms with E-state index in [1.54, 1.807) is 26.8 Å². The van der Waals surface area contributed by atoms with Crippen LogP contribution in [0.3, 0.4) is 0 Å². The summed E-state index contributed by atoms with van der Waals surface area (Å²) >= 11 is 0. The van der Waals surface area contributed by atoms with E-state index in [1.807, 2.05) is 0 Å². The van der Waals surface area contributed by atoms with Gasteiger partial charge in [-0.25, -0.2) is 8.42 Å². The summed E-state index contributed by atoms with van der Waals surface area (Å²) in [4.78, 5) is 12.4. The van der Waals surface area contributed by atoms with Crippen LogP contribution in [0.2, 0.25) is 0 Å². The van der Waals surface area contributed by atoms with Crippen LogP contribution < -0.4 is 5.32 Å². The fourth-order valence-electron chi connectivity index (χ4n) is 2.39. The van der Waals surface area contributed by atoms with E-state index in [2.05, 4.69) is 15.5 Å². The minimum atomic E-state index is -3.40. The molecule has 1 aromatic carbocycles. The van der Waals surface area contributed by atoms with Gasteiger partial charge in [0, 0.05) is 5.56 Å². The van der Waals surface area contributed by atoms with Gasteiger partial charge in [-0.15, -0.1) is 5.10 Å². The molecule has 0 unspecified atom stereocenters. The zero-order valence-electron chi connectivity index (χ0n) is 14.4. The van der Waals surface area contributed by atoms with Crippen LogP contribution in [0.4, 0.5) is 6.01 Å². The number of sulfone groups is 1. The van der Waals surface area contributed by atoms with Crippen molar-refractivity contribution in [1.29, 1.82) is 0 Å².